The average Bonchev–Trinajstić information content (AvgIpc) is 3.23. The van der Waals surface area contributed by atoms with Crippen LogP contribution in [0.2, 0.25) is 0 Å². The number of rotatable bonds is 4. The number of ether oxygens (including phenoxy) is 1. The van der Waals surface area contributed by atoms with Crippen LogP contribution in [0.1, 0.15) is 46.7 Å². The van der Waals surface area contributed by atoms with E-state index in [2.05, 4.69) is 18.2 Å². The summed E-state index contributed by atoms with van der Waals surface area (Å²) in [5.74, 6) is 1.13. The largest absolute Gasteiger partial charge is 0.490 e. The Morgan fingerprint density at radius 2 is 1.71 bits per heavy atom. The Morgan fingerprint density at radius 1 is 0.952 bits per heavy atom. The topological polar surface area (TPSA) is 26.3 Å². The Balaban J connectivity index is 1.54. The van der Waals surface area contributed by atoms with Crippen LogP contribution in [0, 0.1) is 0 Å². The number of hydrogen-bond acceptors (Lipinski definition) is 2. The summed E-state index contributed by atoms with van der Waals surface area (Å²) in [5, 5.41) is 0. The van der Waals surface area contributed by atoms with Crippen LogP contribution in [0.3, 0.4) is 0 Å². The molecule has 0 N–H and O–H groups in total. The van der Waals surface area contributed by atoms with Gasteiger partial charge in [0.25, 0.3) is 0 Å². The van der Waals surface area contributed by atoms with E-state index in [1.165, 1.54) is 11.1 Å². The fraction of sp³-hybridized carbons (Fsp3) is 0.316. The molecule has 0 aliphatic heterocycles. The number of aryl methyl sites for hydroxylation is 1. The fourth-order valence-corrected chi connectivity index (χ4v) is 3.11. The van der Waals surface area contributed by atoms with Crippen LogP contribution in [0.4, 0.5) is 0 Å². The Kier molecular flexibility index (Phi) is 3.03. The van der Waals surface area contributed by atoms with Gasteiger partial charge in [-0.25, -0.2) is 0 Å². The number of benzene rings is 2. The van der Waals surface area contributed by atoms with Gasteiger partial charge in [-0.3, -0.25) is 4.79 Å². The number of carbonyl (C=O) groups excluding carboxylic acids is 1. The van der Waals surface area contributed by atoms with Crippen molar-refractivity contribution in [1.82, 2.24) is 0 Å². The zero-order valence-electron chi connectivity index (χ0n) is 11.9. The summed E-state index contributed by atoms with van der Waals surface area (Å²) < 4.78 is 5.73. The molecule has 2 nitrogen and oxygen atoms in total. The molecular formula is C19H18O2. The molecule has 2 aromatic carbocycles. The first kappa shape index (κ1) is 12.6. The first-order chi connectivity index (χ1) is 10.3. The normalized spacial score (nSPS) is 20.1. The Labute approximate surface area is 124 Å². The van der Waals surface area contributed by atoms with Gasteiger partial charge in [-0.05, 0) is 61.1 Å². The molecule has 0 spiro atoms. The SMILES string of the molecule is O=C(c1ccc(OC2CC2)cc1)C1CCc2ccccc21. The molecule has 0 heterocycles. The lowest BCUT2D eigenvalue weighted by atomic mass is 9.92. The molecular weight excluding hydrogens is 260 g/mol. The van der Waals surface area contributed by atoms with Gasteiger partial charge >= 0.3 is 0 Å². The van der Waals surface area contributed by atoms with E-state index in [9.17, 15) is 4.79 Å². The molecule has 0 bridgehead atoms. The van der Waals surface area contributed by atoms with Crippen molar-refractivity contribution in [3.05, 3.63) is 65.2 Å². The third-order valence-corrected chi connectivity index (χ3v) is 4.42. The third-order valence-electron chi connectivity index (χ3n) is 4.42. The minimum Gasteiger partial charge on any atom is -0.490 e. The van der Waals surface area contributed by atoms with Crippen LogP contribution in [0.25, 0.3) is 0 Å². The van der Waals surface area contributed by atoms with Gasteiger partial charge in [0, 0.05) is 11.5 Å². The van der Waals surface area contributed by atoms with Gasteiger partial charge in [-0.1, -0.05) is 24.3 Å². The summed E-state index contributed by atoms with van der Waals surface area (Å²) in [6.45, 7) is 0. The van der Waals surface area contributed by atoms with Crippen LogP contribution >= 0.6 is 0 Å². The summed E-state index contributed by atoms with van der Waals surface area (Å²) in [5.41, 5.74) is 3.32. The summed E-state index contributed by atoms with van der Waals surface area (Å²) in [6.07, 6.45) is 4.64. The lowest BCUT2D eigenvalue weighted by Gasteiger charge is -2.11. The van der Waals surface area contributed by atoms with Gasteiger partial charge in [0.15, 0.2) is 5.78 Å². The highest BCUT2D eigenvalue weighted by Gasteiger charge is 2.29. The summed E-state index contributed by atoms with van der Waals surface area (Å²) >= 11 is 0. The second-order valence-corrected chi connectivity index (χ2v) is 6.00. The molecule has 0 amide bonds. The second kappa shape index (κ2) is 5.03. The molecule has 0 aromatic heterocycles. The second-order valence-electron chi connectivity index (χ2n) is 6.00. The van der Waals surface area contributed by atoms with Crippen molar-refractivity contribution in [2.45, 2.75) is 37.7 Å². The van der Waals surface area contributed by atoms with Gasteiger partial charge in [0.05, 0.1) is 6.10 Å². The maximum absolute atomic E-state index is 12.7. The molecule has 106 valence electrons. The van der Waals surface area contributed by atoms with E-state index < -0.39 is 0 Å². The van der Waals surface area contributed by atoms with Crippen LogP contribution in [-0.2, 0) is 6.42 Å². The molecule has 2 heteroatoms. The predicted octanol–water partition coefficient (Wildman–Crippen LogP) is 4.14. The van der Waals surface area contributed by atoms with E-state index in [0.29, 0.717) is 6.10 Å². The predicted molar refractivity (Wildman–Crippen MR) is 81.9 cm³/mol. The van der Waals surface area contributed by atoms with E-state index in [-0.39, 0.29) is 11.7 Å². The highest BCUT2D eigenvalue weighted by atomic mass is 16.5. The van der Waals surface area contributed by atoms with Crippen molar-refractivity contribution >= 4 is 5.78 Å². The number of carbonyl (C=O) groups is 1. The average molecular weight is 278 g/mol. The zero-order valence-corrected chi connectivity index (χ0v) is 11.9. The highest BCUT2D eigenvalue weighted by Crippen LogP contribution is 2.35. The molecule has 0 radical (unpaired) electrons. The van der Waals surface area contributed by atoms with Crippen molar-refractivity contribution in [2.24, 2.45) is 0 Å². The molecule has 1 atom stereocenters. The maximum Gasteiger partial charge on any atom is 0.170 e. The lowest BCUT2D eigenvalue weighted by Crippen LogP contribution is -2.10. The number of ketones is 1. The molecule has 2 aromatic rings. The summed E-state index contributed by atoms with van der Waals surface area (Å²) in [6, 6.07) is 16.0. The Bertz CT molecular complexity index is 668. The van der Waals surface area contributed by atoms with Crippen LogP contribution < -0.4 is 4.74 Å². The Hall–Kier alpha value is -2.09. The monoisotopic (exact) mass is 278 g/mol. The smallest absolute Gasteiger partial charge is 0.170 e. The molecule has 2 aliphatic carbocycles. The molecule has 1 saturated carbocycles. The van der Waals surface area contributed by atoms with Crippen LogP contribution in [0.5, 0.6) is 5.75 Å². The molecule has 0 saturated heterocycles. The van der Waals surface area contributed by atoms with Crippen molar-refractivity contribution in [2.75, 3.05) is 0 Å². The van der Waals surface area contributed by atoms with Crippen LogP contribution in [-0.4, -0.2) is 11.9 Å². The molecule has 4 rings (SSSR count). The minimum atomic E-state index is 0.0244. The summed E-state index contributed by atoms with van der Waals surface area (Å²) in [7, 11) is 0. The van der Waals surface area contributed by atoms with Gasteiger partial charge in [0.1, 0.15) is 5.75 Å². The molecule has 21 heavy (non-hydrogen) atoms. The number of hydrogen-bond donors (Lipinski definition) is 0. The maximum atomic E-state index is 12.7. The van der Waals surface area contributed by atoms with Gasteiger partial charge in [-0.15, -0.1) is 0 Å². The van der Waals surface area contributed by atoms with Crippen molar-refractivity contribution in [1.29, 1.82) is 0 Å². The van der Waals surface area contributed by atoms with Gasteiger partial charge in [0.2, 0.25) is 0 Å². The summed E-state index contributed by atoms with van der Waals surface area (Å²) in [4.78, 5) is 12.7. The molecule has 1 unspecified atom stereocenters. The number of fused-ring (bicyclic) bond motifs is 1. The van der Waals surface area contributed by atoms with E-state index in [0.717, 1.165) is 37.0 Å². The van der Waals surface area contributed by atoms with Crippen molar-refractivity contribution in [3.63, 3.8) is 0 Å². The van der Waals surface area contributed by atoms with E-state index in [1.807, 2.05) is 30.3 Å². The van der Waals surface area contributed by atoms with Crippen molar-refractivity contribution in [3.8, 4) is 5.75 Å². The first-order valence-corrected chi connectivity index (χ1v) is 7.70. The van der Waals surface area contributed by atoms with Crippen molar-refractivity contribution < 1.29 is 9.53 Å². The van der Waals surface area contributed by atoms with E-state index in [1.54, 1.807) is 0 Å². The molecule has 2 aliphatic rings. The minimum absolute atomic E-state index is 0.0244. The zero-order chi connectivity index (χ0) is 14.2. The lowest BCUT2D eigenvalue weighted by molar-refractivity contribution is 0.0959. The Morgan fingerprint density at radius 3 is 2.48 bits per heavy atom. The number of Topliss-reactive ketones (excluding diaryl/α,β-unsaturated/α-hetero) is 1. The van der Waals surface area contributed by atoms with E-state index >= 15 is 0 Å². The highest BCUT2D eigenvalue weighted by molar-refractivity contribution is 6.01. The first-order valence-electron chi connectivity index (χ1n) is 7.70. The van der Waals surface area contributed by atoms with Crippen LogP contribution in [0.15, 0.2) is 48.5 Å². The standard InChI is InChI=1S/C19H18O2/c20-19(18-12-7-13-3-1-2-4-17(13)18)14-5-8-15(9-6-14)21-16-10-11-16/h1-6,8-9,16,18H,7,10-12H2. The third kappa shape index (κ3) is 2.46. The van der Waals surface area contributed by atoms with Gasteiger partial charge < -0.3 is 4.74 Å². The quantitative estimate of drug-likeness (QED) is 0.786. The fourth-order valence-electron chi connectivity index (χ4n) is 3.11. The molecule has 1 fully saturated rings. The van der Waals surface area contributed by atoms with E-state index in [4.69, 9.17) is 4.74 Å². The van der Waals surface area contributed by atoms with Gasteiger partial charge in [-0.2, -0.15) is 0 Å².